The standard InChI is InChI=1S/C13H22N2OS/c1-4-7-14-11(3)13-6-5-12(8-15-13)17-10(2)9-16/h5-6,8,10-11,14,16H,4,7,9H2,1-3H3. The Labute approximate surface area is 108 Å². The van der Waals surface area contributed by atoms with E-state index in [0.717, 1.165) is 23.6 Å². The molecular formula is C13H22N2OS. The van der Waals surface area contributed by atoms with Crippen LogP contribution in [0.5, 0.6) is 0 Å². The van der Waals surface area contributed by atoms with Gasteiger partial charge in [0.1, 0.15) is 0 Å². The zero-order valence-corrected chi connectivity index (χ0v) is 11.6. The highest BCUT2D eigenvalue weighted by atomic mass is 32.2. The van der Waals surface area contributed by atoms with Crippen LogP contribution in [0.25, 0.3) is 0 Å². The van der Waals surface area contributed by atoms with Gasteiger partial charge in [-0.05, 0) is 32.0 Å². The largest absolute Gasteiger partial charge is 0.395 e. The van der Waals surface area contributed by atoms with Crippen LogP contribution in [0.1, 0.15) is 38.9 Å². The zero-order valence-electron chi connectivity index (χ0n) is 10.8. The van der Waals surface area contributed by atoms with Gasteiger partial charge in [0.25, 0.3) is 0 Å². The molecule has 0 aromatic carbocycles. The molecule has 3 nitrogen and oxygen atoms in total. The number of aliphatic hydroxyl groups excluding tert-OH is 1. The molecule has 0 fully saturated rings. The van der Waals surface area contributed by atoms with Crippen molar-refractivity contribution in [3.63, 3.8) is 0 Å². The van der Waals surface area contributed by atoms with Crippen molar-refractivity contribution in [2.24, 2.45) is 0 Å². The van der Waals surface area contributed by atoms with Crippen molar-refractivity contribution in [3.8, 4) is 0 Å². The fourth-order valence-corrected chi connectivity index (χ4v) is 2.25. The van der Waals surface area contributed by atoms with Gasteiger partial charge in [0.15, 0.2) is 0 Å². The lowest BCUT2D eigenvalue weighted by Gasteiger charge is -2.13. The molecule has 96 valence electrons. The Kier molecular flexibility index (Phi) is 6.55. The number of thioether (sulfide) groups is 1. The molecule has 2 N–H and O–H groups in total. The average molecular weight is 254 g/mol. The molecule has 0 aliphatic carbocycles. The highest BCUT2D eigenvalue weighted by molar-refractivity contribution is 8.00. The normalized spacial score (nSPS) is 14.6. The van der Waals surface area contributed by atoms with Gasteiger partial charge in [-0.3, -0.25) is 4.98 Å². The first kappa shape index (κ1) is 14.5. The Morgan fingerprint density at radius 2 is 2.18 bits per heavy atom. The van der Waals surface area contributed by atoms with Gasteiger partial charge in [-0.25, -0.2) is 0 Å². The van der Waals surface area contributed by atoms with Crippen LogP contribution < -0.4 is 5.32 Å². The molecule has 0 spiro atoms. The van der Waals surface area contributed by atoms with Crippen LogP contribution in [0.2, 0.25) is 0 Å². The second-order valence-electron chi connectivity index (χ2n) is 4.21. The van der Waals surface area contributed by atoms with Crippen molar-refractivity contribution in [3.05, 3.63) is 24.0 Å². The smallest absolute Gasteiger partial charge is 0.0571 e. The fraction of sp³-hybridized carbons (Fsp3) is 0.615. The molecule has 0 aliphatic heterocycles. The molecule has 1 heterocycles. The fourth-order valence-electron chi connectivity index (χ4n) is 1.45. The summed E-state index contributed by atoms with van der Waals surface area (Å²) < 4.78 is 0. The summed E-state index contributed by atoms with van der Waals surface area (Å²) in [6.45, 7) is 7.50. The second kappa shape index (κ2) is 7.69. The molecule has 1 aromatic rings. The molecule has 0 saturated heterocycles. The molecule has 2 unspecified atom stereocenters. The highest BCUT2D eigenvalue weighted by Gasteiger charge is 2.07. The van der Waals surface area contributed by atoms with E-state index >= 15 is 0 Å². The Morgan fingerprint density at radius 3 is 2.71 bits per heavy atom. The van der Waals surface area contributed by atoms with Gasteiger partial charge in [-0.2, -0.15) is 0 Å². The number of pyridine rings is 1. The predicted octanol–water partition coefficient (Wildman–Crippen LogP) is 2.62. The maximum atomic E-state index is 8.98. The number of nitrogens with zero attached hydrogens (tertiary/aromatic N) is 1. The lowest BCUT2D eigenvalue weighted by Crippen LogP contribution is -2.20. The predicted molar refractivity (Wildman–Crippen MR) is 73.4 cm³/mol. The number of hydrogen-bond donors (Lipinski definition) is 2. The van der Waals surface area contributed by atoms with Gasteiger partial charge < -0.3 is 10.4 Å². The molecule has 0 bridgehead atoms. The number of hydrogen-bond acceptors (Lipinski definition) is 4. The van der Waals surface area contributed by atoms with Crippen molar-refractivity contribution in [2.75, 3.05) is 13.2 Å². The molecule has 0 amide bonds. The summed E-state index contributed by atoms with van der Waals surface area (Å²) >= 11 is 1.65. The van der Waals surface area contributed by atoms with Gasteiger partial charge in [0, 0.05) is 22.4 Å². The van der Waals surface area contributed by atoms with Crippen molar-refractivity contribution in [1.29, 1.82) is 0 Å². The summed E-state index contributed by atoms with van der Waals surface area (Å²) in [6.07, 6.45) is 3.02. The minimum atomic E-state index is 0.195. The van der Waals surface area contributed by atoms with E-state index in [1.807, 2.05) is 13.1 Å². The third-order valence-electron chi connectivity index (χ3n) is 2.50. The third-order valence-corrected chi connectivity index (χ3v) is 3.56. The lowest BCUT2D eigenvalue weighted by atomic mass is 10.2. The molecule has 0 aliphatic rings. The van der Waals surface area contributed by atoms with Crippen molar-refractivity contribution in [1.82, 2.24) is 10.3 Å². The van der Waals surface area contributed by atoms with Crippen LogP contribution in [-0.4, -0.2) is 28.5 Å². The topological polar surface area (TPSA) is 45.1 Å². The van der Waals surface area contributed by atoms with Crippen LogP contribution >= 0.6 is 11.8 Å². The Morgan fingerprint density at radius 1 is 1.41 bits per heavy atom. The first-order valence-electron chi connectivity index (χ1n) is 6.14. The van der Waals surface area contributed by atoms with E-state index in [-0.39, 0.29) is 11.9 Å². The summed E-state index contributed by atoms with van der Waals surface area (Å²) in [5.74, 6) is 0. The minimum absolute atomic E-state index is 0.195. The average Bonchev–Trinajstić information content (AvgIpc) is 2.36. The monoisotopic (exact) mass is 254 g/mol. The van der Waals surface area contributed by atoms with E-state index in [0.29, 0.717) is 6.04 Å². The number of rotatable bonds is 7. The Balaban J connectivity index is 2.54. The van der Waals surface area contributed by atoms with Crippen molar-refractivity contribution >= 4 is 11.8 Å². The van der Waals surface area contributed by atoms with Crippen LogP contribution in [-0.2, 0) is 0 Å². The van der Waals surface area contributed by atoms with Gasteiger partial charge in [-0.15, -0.1) is 11.8 Å². The summed E-state index contributed by atoms with van der Waals surface area (Å²) in [7, 11) is 0. The molecule has 1 aromatic heterocycles. The maximum absolute atomic E-state index is 8.98. The van der Waals surface area contributed by atoms with E-state index < -0.39 is 0 Å². The molecule has 0 saturated carbocycles. The van der Waals surface area contributed by atoms with Gasteiger partial charge in [0.05, 0.1) is 12.3 Å². The maximum Gasteiger partial charge on any atom is 0.0571 e. The van der Waals surface area contributed by atoms with Crippen molar-refractivity contribution in [2.45, 2.75) is 43.4 Å². The lowest BCUT2D eigenvalue weighted by molar-refractivity contribution is 0.300. The number of aliphatic hydroxyl groups is 1. The summed E-state index contributed by atoms with van der Waals surface area (Å²) in [5, 5.41) is 12.6. The van der Waals surface area contributed by atoms with Crippen LogP contribution in [0.3, 0.4) is 0 Å². The quantitative estimate of drug-likeness (QED) is 0.734. The molecule has 4 heteroatoms. The zero-order chi connectivity index (χ0) is 12.7. The SMILES string of the molecule is CCCNC(C)c1ccc(SC(C)CO)cn1. The first-order chi connectivity index (χ1) is 8.17. The summed E-state index contributed by atoms with van der Waals surface area (Å²) in [6, 6.07) is 4.42. The van der Waals surface area contributed by atoms with Gasteiger partial charge in [0.2, 0.25) is 0 Å². The summed E-state index contributed by atoms with van der Waals surface area (Å²) in [5.41, 5.74) is 1.07. The van der Waals surface area contributed by atoms with E-state index in [1.165, 1.54) is 0 Å². The molecule has 17 heavy (non-hydrogen) atoms. The first-order valence-corrected chi connectivity index (χ1v) is 7.02. The molecule has 2 atom stereocenters. The van der Waals surface area contributed by atoms with Crippen molar-refractivity contribution < 1.29 is 5.11 Å². The van der Waals surface area contributed by atoms with Crippen LogP contribution in [0.15, 0.2) is 23.2 Å². The molecular weight excluding hydrogens is 232 g/mol. The summed E-state index contributed by atoms with van der Waals surface area (Å²) in [4.78, 5) is 5.56. The van der Waals surface area contributed by atoms with Gasteiger partial charge >= 0.3 is 0 Å². The minimum Gasteiger partial charge on any atom is -0.395 e. The number of aromatic nitrogens is 1. The Bertz CT molecular complexity index is 316. The van der Waals surface area contributed by atoms with Gasteiger partial charge in [-0.1, -0.05) is 13.8 Å². The highest BCUT2D eigenvalue weighted by Crippen LogP contribution is 2.23. The Hall–Kier alpha value is -0.580. The second-order valence-corrected chi connectivity index (χ2v) is 5.72. The van der Waals surface area contributed by atoms with Crippen LogP contribution in [0.4, 0.5) is 0 Å². The van der Waals surface area contributed by atoms with E-state index in [9.17, 15) is 0 Å². The van der Waals surface area contributed by atoms with E-state index in [4.69, 9.17) is 5.11 Å². The molecule has 1 rings (SSSR count). The number of nitrogens with one attached hydrogen (secondary N) is 1. The van der Waals surface area contributed by atoms with Crippen LogP contribution in [0, 0.1) is 0 Å². The third kappa shape index (κ3) is 5.06. The molecule has 0 radical (unpaired) electrons. The van der Waals surface area contributed by atoms with E-state index in [2.05, 4.69) is 36.3 Å². The van der Waals surface area contributed by atoms with E-state index in [1.54, 1.807) is 11.8 Å².